The molecular weight excluding hydrogens is 523 g/mol. The number of aromatic amines is 1. The van der Waals surface area contributed by atoms with Gasteiger partial charge in [-0.3, -0.25) is 9.59 Å². The van der Waals surface area contributed by atoms with Crippen LogP contribution in [0.3, 0.4) is 0 Å². The van der Waals surface area contributed by atoms with Crippen LogP contribution in [0.2, 0.25) is 0 Å². The predicted octanol–water partition coefficient (Wildman–Crippen LogP) is 3.42. The fraction of sp³-hybridized carbons (Fsp3) is 0.308. The second-order valence-electron chi connectivity index (χ2n) is 9.00. The van der Waals surface area contributed by atoms with Crippen LogP contribution in [0.1, 0.15) is 39.7 Å². The molecule has 0 aliphatic rings. The van der Waals surface area contributed by atoms with Gasteiger partial charge in [0, 0.05) is 30.7 Å². The van der Waals surface area contributed by atoms with Crippen LogP contribution in [-0.4, -0.2) is 43.3 Å². The fourth-order valence-corrected chi connectivity index (χ4v) is 4.36. The molecule has 0 spiro atoms. The summed E-state index contributed by atoms with van der Waals surface area (Å²) in [5.74, 6) is -0.838. The molecule has 12 heteroatoms. The SMILES string of the molecule is Cc1[nH]c(=O)c(C(=O)N(Cc2ccc(S(C)(=O)=O)cc2)c2cccc(C(F)(F)F)c2)cc1CNCC(C)O. The summed E-state index contributed by atoms with van der Waals surface area (Å²) in [5.41, 5.74) is -0.565. The summed E-state index contributed by atoms with van der Waals surface area (Å²) in [4.78, 5) is 30.1. The Kier molecular flexibility index (Phi) is 8.80. The molecular formula is C26H28F3N3O5S. The molecule has 0 bridgehead atoms. The number of alkyl halides is 3. The van der Waals surface area contributed by atoms with Crippen LogP contribution in [-0.2, 0) is 29.1 Å². The molecule has 0 radical (unpaired) electrons. The molecule has 1 amide bonds. The molecule has 1 atom stereocenters. The predicted molar refractivity (Wildman–Crippen MR) is 137 cm³/mol. The van der Waals surface area contributed by atoms with Crippen molar-refractivity contribution in [3.8, 4) is 0 Å². The van der Waals surface area contributed by atoms with Crippen molar-refractivity contribution in [1.29, 1.82) is 0 Å². The zero-order valence-corrected chi connectivity index (χ0v) is 21.8. The van der Waals surface area contributed by atoms with Gasteiger partial charge < -0.3 is 20.3 Å². The van der Waals surface area contributed by atoms with E-state index in [-0.39, 0.29) is 35.8 Å². The lowest BCUT2D eigenvalue weighted by atomic mass is 10.1. The summed E-state index contributed by atoms with van der Waals surface area (Å²) in [6.07, 6.45) is -4.24. The van der Waals surface area contributed by atoms with Gasteiger partial charge in [-0.05, 0) is 61.4 Å². The van der Waals surface area contributed by atoms with E-state index in [0.717, 1.165) is 29.4 Å². The Hall–Kier alpha value is -3.48. The molecule has 8 nitrogen and oxygen atoms in total. The number of pyridine rings is 1. The van der Waals surface area contributed by atoms with Crippen LogP contribution < -0.4 is 15.8 Å². The van der Waals surface area contributed by atoms with E-state index in [1.165, 1.54) is 36.4 Å². The lowest BCUT2D eigenvalue weighted by molar-refractivity contribution is -0.137. The first-order chi connectivity index (χ1) is 17.7. The minimum atomic E-state index is -4.66. The number of nitrogens with zero attached hydrogens (tertiary/aromatic N) is 1. The van der Waals surface area contributed by atoms with Crippen molar-refractivity contribution in [3.05, 3.63) is 92.9 Å². The number of carbonyl (C=O) groups is 1. The number of aliphatic hydroxyl groups excluding tert-OH is 1. The number of aryl methyl sites for hydroxylation is 1. The number of benzene rings is 2. The second kappa shape index (κ2) is 11.5. The Balaban J connectivity index is 2.06. The van der Waals surface area contributed by atoms with Crippen LogP contribution in [0.25, 0.3) is 0 Å². The zero-order valence-electron chi connectivity index (χ0n) is 21.0. The highest BCUT2D eigenvalue weighted by Crippen LogP contribution is 2.32. The molecule has 0 saturated carbocycles. The van der Waals surface area contributed by atoms with Crippen LogP contribution >= 0.6 is 0 Å². The molecule has 1 unspecified atom stereocenters. The number of aromatic nitrogens is 1. The summed E-state index contributed by atoms with van der Waals surface area (Å²) in [6, 6.07) is 11.1. The first-order valence-corrected chi connectivity index (χ1v) is 13.5. The topological polar surface area (TPSA) is 120 Å². The average molecular weight is 552 g/mol. The normalized spacial score (nSPS) is 12.8. The summed E-state index contributed by atoms with van der Waals surface area (Å²) in [7, 11) is -3.48. The Labute approximate surface area is 218 Å². The Bertz CT molecular complexity index is 1470. The van der Waals surface area contributed by atoms with E-state index in [0.29, 0.717) is 16.8 Å². The Morgan fingerprint density at radius 2 is 1.79 bits per heavy atom. The standard InChI is InChI=1S/C26H28F3N3O5S/c1-16(33)13-30-14-19-11-23(24(34)31-17(19)2)25(35)32(21-6-4-5-20(12-21)26(27,28)29)15-18-7-9-22(10-8-18)38(3,36)37/h4-12,16,30,33H,13-15H2,1-3H3,(H,31,34). The number of nitrogens with one attached hydrogen (secondary N) is 2. The molecule has 38 heavy (non-hydrogen) atoms. The second-order valence-corrected chi connectivity index (χ2v) is 11.0. The highest BCUT2D eigenvalue weighted by atomic mass is 32.2. The largest absolute Gasteiger partial charge is 0.416 e. The van der Waals surface area contributed by atoms with E-state index in [2.05, 4.69) is 10.3 Å². The van der Waals surface area contributed by atoms with E-state index in [1.807, 2.05) is 0 Å². The summed E-state index contributed by atoms with van der Waals surface area (Å²) >= 11 is 0. The Morgan fingerprint density at radius 1 is 1.13 bits per heavy atom. The number of H-pyrrole nitrogens is 1. The minimum Gasteiger partial charge on any atom is -0.392 e. The van der Waals surface area contributed by atoms with Gasteiger partial charge in [0.05, 0.1) is 23.1 Å². The van der Waals surface area contributed by atoms with Crippen molar-refractivity contribution in [3.63, 3.8) is 0 Å². The maximum atomic E-state index is 13.7. The van der Waals surface area contributed by atoms with Gasteiger partial charge in [-0.25, -0.2) is 8.42 Å². The first-order valence-electron chi connectivity index (χ1n) is 11.6. The van der Waals surface area contributed by atoms with E-state index < -0.39 is 39.1 Å². The maximum absolute atomic E-state index is 13.7. The smallest absolute Gasteiger partial charge is 0.392 e. The van der Waals surface area contributed by atoms with Crippen molar-refractivity contribution >= 4 is 21.4 Å². The zero-order chi connectivity index (χ0) is 28.3. The van der Waals surface area contributed by atoms with Gasteiger partial charge >= 0.3 is 6.18 Å². The van der Waals surface area contributed by atoms with Gasteiger partial charge in [-0.15, -0.1) is 0 Å². The lowest BCUT2D eigenvalue weighted by Crippen LogP contribution is -2.35. The molecule has 1 aromatic heterocycles. The number of carbonyl (C=O) groups excluding carboxylic acids is 1. The third kappa shape index (κ3) is 7.30. The van der Waals surface area contributed by atoms with E-state index >= 15 is 0 Å². The van der Waals surface area contributed by atoms with Gasteiger partial charge in [-0.1, -0.05) is 18.2 Å². The van der Waals surface area contributed by atoms with Crippen LogP contribution in [0.15, 0.2) is 64.3 Å². The van der Waals surface area contributed by atoms with Gasteiger partial charge in [-0.2, -0.15) is 13.2 Å². The van der Waals surface area contributed by atoms with Crippen molar-refractivity contribution in [2.45, 2.75) is 44.1 Å². The quantitative estimate of drug-likeness (QED) is 0.375. The lowest BCUT2D eigenvalue weighted by Gasteiger charge is -2.24. The van der Waals surface area contributed by atoms with Crippen molar-refractivity contribution in [1.82, 2.24) is 10.3 Å². The van der Waals surface area contributed by atoms with Crippen molar-refractivity contribution < 1.29 is 31.5 Å². The number of amides is 1. The van der Waals surface area contributed by atoms with Crippen molar-refractivity contribution in [2.75, 3.05) is 17.7 Å². The minimum absolute atomic E-state index is 0.0440. The van der Waals surface area contributed by atoms with Gasteiger partial charge in [0.15, 0.2) is 9.84 Å². The summed E-state index contributed by atoms with van der Waals surface area (Å²) in [6.45, 7) is 3.50. The van der Waals surface area contributed by atoms with Crippen LogP contribution in [0.5, 0.6) is 0 Å². The van der Waals surface area contributed by atoms with Gasteiger partial charge in [0.2, 0.25) is 0 Å². The fourth-order valence-electron chi connectivity index (χ4n) is 3.72. The van der Waals surface area contributed by atoms with E-state index in [4.69, 9.17) is 0 Å². The number of halogens is 3. The monoisotopic (exact) mass is 551 g/mol. The highest BCUT2D eigenvalue weighted by Gasteiger charge is 2.32. The maximum Gasteiger partial charge on any atom is 0.416 e. The molecule has 3 N–H and O–H groups in total. The number of sulfone groups is 1. The molecule has 0 aliphatic carbocycles. The highest BCUT2D eigenvalue weighted by molar-refractivity contribution is 7.90. The molecule has 204 valence electrons. The van der Waals surface area contributed by atoms with Crippen molar-refractivity contribution in [2.24, 2.45) is 0 Å². The Morgan fingerprint density at radius 3 is 2.37 bits per heavy atom. The third-order valence-electron chi connectivity index (χ3n) is 5.75. The van der Waals surface area contributed by atoms with E-state index in [1.54, 1.807) is 13.8 Å². The average Bonchev–Trinajstić information content (AvgIpc) is 2.82. The molecule has 2 aromatic carbocycles. The van der Waals surface area contributed by atoms with Gasteiger partial charge in [0.25, 0.3) is 11.5 Å². The first kappa shape index (κ1) is 29.1. The molecule has 0 aliphatic heterocycles. The third-order valence-corrected chi connectivity index (χ3v) is 6.88. The number of hydrogen-bond acceptors (Lipinski definition) is 6. The number of aliphatic hydroxyl groups is 1. The number of anilines is 1. The molecule has 0 fully saturated rings. The van der Waals surface area contributed by atoms with Crippen LogP contribution in [0.4, 0.5) is 18.9 Å². The molecule has 0 saturated heterocycles. The van der Waals surface area contributed by atoms with Crippen LogP contribution in [0, 0.1) is 6.92 Å². The number of hydrogen-bond donors (Lipinski definition) is 3. The molecule has 3 aromatic rings. The number of rotatable bonds is 9. The molecule has 3 rings (SSSR count). The van der Waals surface area contributed by atoms with Gasteiger partial charge in [0.1, 0.15) is 5.56 Å². The molecule has 1 heterocycles. The summed E-state index contributed by atoms with van der Waals surface area (Å²) < 4.78 is 63.9. The van der Waals surface area contributed by atoms with E-state index in [9.17, 15) is 36.3 Å². The summed E-state index contributed by atoms with van der Waals surface area (Å²) in [5, 5.41) is 12.5.